The van der Waals surface area contributed by atoms with Gasteiger partial charge in [0.25, 0.3) is 0 Å². The number of nitrogens with one attached hydrogen (secondary N) is 1. The van der Waals surface area contributed by atoms with Gasteiger partial charge in [-0.2, -0.15) is 0 Å². The quantitative estimate of drug-likeness (QED) is 0.919. The Morgan fingerprint density at radius 2 is 2.17 bits per heavy atom. The summed E-state index contributed by atoms with van der Waals surface area (Å²) in [5, 5.41) is 4.61. The van der Waals surface area contributed by atoms with Crippen LogP contribution in [0.15, 0.2) is 36.5 Å². The molecule has 1 aliphatic heterocycles. The van der Waals surface area contributed by atoms with Crippen molar-refractivity contribution in [2.45, 2.75) is 38.8 Å². The van der Waals surface area contributed by atoms with Crippen molar-refractivity contribution in [2.24, 2.45) is 0 Å². The lowest BCUT2D eigenvalue weighted by atomic mass is 10.2. The van der Waals surface area contributed by atoms with Crippen molar-refractivity contribution in [1.29, 1.82) is 0 Å². The lowest BCUT2D eigenvalue weighted by Crippen LogP contribution is -2.36. The van der Waals surface area contributed by atoms with Gasteiger partial charge in [0.1, 0.15) is 5.60 Å². The molecule has 0 bridgehead atoms. The fourth-order valence-electron chi connectivity index (χ4n) is 2.77. The second-order valence-corrected chi connectivity index (χ2v) is 6.97. The van der Waals surface area contributed by atoms with Crippen molar-refractivity contribution in [3.8, 4) is 0 Å². The van der Waals surface area contributed by atoms with Crippen LogP contribution in [0.4, 0.5) is 10.5 Å². The largest absolute Gasteiger partial charge is 0.444 e. The first-order valence-corrected chi connectivity index (χ1v) is 8.00. The summed E-state index contributed by atoms with van der Waals surface area (Å²) in [5.41, 5.74) is 1.59. The minimum Gasteiger partial charge on any atom is -0.444 e. The van der Waals surface area contributed by atoms with Gasteiger partial charge in [0.2, 0.25) is 0 Å². The molecule has 0 saturated carbocycles. The van der Waals surface area contributed by atoms with E-state index in [1.807, 2.05) is 39.0 Å². The second kappa shape index (κ2) is 6.07. The summed E-state index contributed by atoms with van der Waals surface area (Å²) in [6, 6.07) is 10.4. The summed E-state index contributed by atoms with van der Waals surface area (Å²) in [5.74, 6) is 0. The zero-order chi connectivity index (χ0) is 16.4. The molecular formula is C18H23N3O2. The molecule has 2 heterocycles. The Morgan fingerprint density at radius 1 is 1.35 bits per heavy atom. The summed E-state index contributed by atoms with van der Waals surface area (Å²) in [4.78, 5) is 18.2. The third-order valence-corrected chi connectivity index (χ3v) is 3.81. The van der Waals surface area contributed by atoms with Gasteiger partial charge in [-0.05, 0) is 51.5 Å². The third kappa shape index (κ3) is 3.92. The van der Waals surface area contributed by atoms with Gasteiger partial charge >= 0.3 is 6.09 Å². The highest BCUT2D eigenvalue weighted by atomic mass is 16.6. The summed E-state index contributed by atoms with van der Waals surface area (Å²) in [6.45, 7) is 7.06. The van der Waals surface area contributed by atoms with Crippen LogP contribution in [0.25, 0.3) is 10.9 Å². The van der Waals surface area contributed by atoms with Crippen molar-refractivity contribution in [3.05, 3.63) is 36.5 Å². The second-order valence-electron chi connectivity index (χ2n) is 6.97. The zero-order valence-corrected chi connectivity index (χ0v) is 13.9. The molecule has 0 spiro atoms. The van der Waals surface area contributed by atoms with Crippen LogP contribution in [-0.4, -0.2) is 40.7 Å². The van der Waals surface area contributed by atoms with Crippen LogP contribution in [0.2, 0.25) is 0 Å². The van der Waals surface area contributed by atoms with E-state index in [0.29, 0.717) is 6.54 Å². The van der Waals surface area contributed by atoms with Crippen molar-refractivity contribution in [1.82, 2.24) is 9.88 Å². The molecule has 5 heteroatoms. The highest BCUT2D eigenvalue weighted by Gasteiger charge is 2.29. The zero-order valence-electron chi connectivity index (χ0n) is 13.9. The number of nitrogens with zero attached hydrogens (tertiary/aromatic N) is 2. The highest BCUT2D eigenvalue weighted by Crippen LogP contribution is 2.21. The van der Waals surface area contributed by atoms with Crippen LogP contribution < -0.4 is 5.32 Å². The van der Waals surface area contributed by atoms with E-state index in [1.54, 1.807) is 11.1 Å². The number of amides is 1. The molecule has 23 heavy (non-hydrogen) atoms. The van der Waals surface area contributed by atoms with Gasteiger partial charge < -0.3 is 15.0 Å². The Bertz CT molecular complexity index is 709. The predicted molar refractivity (Wildman–Crippen MR) is 91.6 cm³/mol. The van der Waals surface area contributed by atoms with Crippen molar-refractivity contribution < 1.29 is 9.53 Å². The highest BCUT2D eigenvalue weighted by molar-refractivity contribution is 5.82. The molecule has 1 amide bonds. The first-order chi connectivity index (χ1) is 10.9. The number of ether oxygens (including phenoxy) is 1. The molecule has 5 nitrogen and oxygen atoms in total. The lowest BCUT2D eigenvalue weighted by Gasteiger charge is -2.24. The first-order valence-electron chi connectivity index (χ1n) is 8.00. The van der Waals surface area contributed by atoms with Crippen LogP contribution in [0, 0.1) is 0 Å². The Balaban J connectivity index is 1.61. The molecule has 1 saturated heterocycles. The Morgan fingerprint density at radius 3 is 2.96 bits per heavy atom. The molecule has 0 aliphatic carbocycles. The summed E-state index contributed by atoms with van der Waals surface area (Å²) >= 11 is 0. The average Bonchev–Trinajstić information content (AvgIpc) is 2.94. The van der Waals surface area contributed by atoms with Gasteiger partial charge in [-0.15, -0.1) is 0 Å². The van der Waals surface area contributed by atoms with Crippen molar-refractivity contribution in [2.75, 3.05) is 18.4 Å². The SMILES string of the molecule is CC(C)(C)OC(=O)N1CC[C@@H](Nc2ccc3ncccc3c2)C1. The van der Waals surface area contributed by atoms with Crippen molar-refractivity contribution >= 4 is 22.7 Å². The molecule has 3 rings (SSSR count). The van der Waals surface area contributed by atoms with E-state index in [-0.39, 0.29) is 12.1 Å². The van der Waals surface area contributed by atoms with Crippen LogP contribution >= 0.6 is 0 Å². The number of pyridine rings is 1. The van der Waals surface area contributed by atoms with Crippen LogP contribution in [0.5, 0.6) is 0 Å². The number of benzene rings is 1. The van der Waals surface area contributed by atoms with E-state index in [2.05, 4.69) is 22.4 Å². The molecule has 1 atom stereocenters. The van der Waals surface area contributed by atoms with E-state index in [0.717, 1.165) is 29.6 Å². The molecule has 1 N–H and O–H groups in total. The first kappa shape index (κ1) is 15.6. The molecule has 2 aromatic rings. The lowest BCUT2D eigenvalue weighted by molar-refractivity contribution is 0.0293. The molecule has 1 aliphatic rings. The maximum Gasteiger partial charge on any atom is 0.410 e. The minimum atomic E-state index is -0.450. The molecule has 0 unspecified atom stereocenters. The maximum atomic E-state index is 12.1. The van der Waals surface area contributed by atoms with E-state index in [1.165, 1.54) is 0 Å². The fraction of sp³-hybridized carbons (Fsp3) is 0.444. The van der Waals surface area contributed by atoms with Crippen LogP contribution in [0.3, 0.4) is 0 Å². The monoisotopic (exact) mass is 313 g/mol. The normalized spacial score (nSPS) is 18.2. The number of carbonyl (C=O) groups is 1. The van der Waals surface area contributed by atoms with Gasteiger partial charge in [-0.3, -0.25) is 4.98 Å². The standard InChI is InChI=1S/C18H23N3O2/c1-18(2,3)23-17(22)21-10-8-15(12-21)20-14-6-7-16-13(11-14)5-4-9-19-16/h4-7,9,11,15,20H,8,10,12H2,1-3H3/t15-/m1/s1. The summed E-state index contributed by atoms with van der Waals surface area (Å²) < 4.78 is 5.43. The number of anilines is 1. The summed E-state index contributed by atoms with van der Waals surface area (Å²) in [7, 11) is 0. The number of hydrogen-bond donors (Lipinski definition) is 1. The van der Waals surface area contributed by atoms with E-state index < -0.39 is 5.60 Å². The molecule has 0 radical (unpaired) electrons. The van der Waals surface area contributed by atoms with E-state index in [4.69, 9.17) is 4.74 Å². The van der Waals surface area contributed by atoms with Crippen LogP contribution in [-0.2, 0) is 4.74 Å². The number of rotatable bonds is 2. The number of hydrogen-bond acceptors (Lipinski definition) is 4. The van der Waals surface area contributed by atoms with E-state index in [9.17, 15) is 4.79 Å². The topological polar surface area (TPSA) is 54.5 Å². The van der Waals surface area contributed by atoms with Gasteiger partial charge in [-0.1, -0.05) is 6.07 Å². The number of likely N-dealkylation sites (tertiary alicyclic amines) is 1. The number of carbonyl (C=O) groups excluding carboxylic acids is 1. The van der Waals surface area contributed by atoms with Crippen molar-refractivity contribution in [3.63, 3.8) is 0 Å². The Kier molecular flexibility index (Phi) is 4.11. The third-order valence-electron chi connectivity index (χ3n) is 3.81. The smallest absolute Gasteiger partial charge is 0.410 e. The maximum absolute atomic E-state index is 12.1. The average molecular weight is 313 g/mol. The van der Waals surface area contributed by atoms with Gasteiger partial charge in [0.15, 0.2) is 0 Å². The number of aromatic nitrogens is 1. The molecule has 1 fully saturated rings. The van der Waals surface area contributed by atoms with Gasteiger partial charge in [0, 0.05) is 36.4 Å². The van der Waals surface area contributed by atoms with Gasteiger partial charge in [-0.25, -0.2) is 4.79 Å². The summed E-state index contributed by atoms with van der Waals surface area (Å²) in [6.07, 6.45) is 2.49. The predicted octanol–water partition coefficient (Wildman–Crippen LogP) is 3.66. The Labute approximate surface area is 136 Å². The molecular weight excluding hydrogens is 290 g/mol. The fourth-order valence-corrected chi connectivity index (χ4v) is 2.77. The molecule has 122 valence electrons. The molecule has 1 aromatic heterocycles. The number of fused-ring (bicyclic) bond motifs is 1. The van der Waals surface area contributed by atoms with Gasteiger partial charge in [0.05, 0.1) is 5.52 Å². The van der Waals surface area contributed by atoms with E-state index >= 15 is 0 Å². The molecule has 1 aromatic carbocycles. The minimum absolute atomic E-state index is 0.232. The Hall–Kier alpha value is -2.30. The van der Waals surface area contributed by atoms with Crippen LogP contribution in [0.1, 0.15) is 27.2 Å².